The molecular weight excluding hydrogens is 266 g/mol. The molecule has 0 bridgehead atoms. The van der Waals surface area contributed by atoms with Crippen molar-refractivity contribution >= 4 is 0 Å². The summed E-state index contributed by atoms with van der Waals surface area (Å²) in [7, 11) is 2.06. The molecule has 1 aromatic heterocycles. The molecular formula is C16H21N3O2. The molecule has 1 aliphatic heterocycles. The average Bonchev–Trinajstić information content (AvgIpc) is 2.97. The fourth-order valence-electron chi connectivity index (χ4n) is 2.62. The van der Waals surface area contributed by atoms with Crippen molar-refractivity contribution in [1.82, 2.24) is 15.0 Å². The lowest BCUT2D eigenvalue weighted by atomic mass is 10.1. The third-order valence-electron chi connectivity index (χ3n) is 3.69. The van der Waals surface area contributed by atoms with Gasteiger partial charge in [0.05, 0.1) is 12.6 Å². The number of aromatic nitrogens is 2. The Morgan fingerprint density at radius 2 is 2.10 bits per heavy atom. The van der Waals surface area contributed by atoms with E-state index < -0.39 is 0 Å². The second-order valence-corrected chi connectivity index (χ2v) is 5.56. The zero-order chi connectivity index (χ0) is 14.5. The van der Waals surface area contributed by atoms with Crippen molar-refractivity contribution in [2.75, 3.05) is 20.2 Å². The number of ether oxygens (including phenoxy) is 1. The molecule has 5 nitrogen and oxygen atoms in total. The molecule has 0 amide bonds. The van der Waals surface area contributed by atoms with Gasteiger partial charge in [0, 0.05) is 18.7 Å². The third-order valence-corrected chi connectivity index (χ3v) is 3.69. The number of likely N-dealkylation sites (N-methyl/N-ethyl adjacent to an activating group) is 1. The summed E-state index contributed by atoms with van der Waals surface area (Å²) in [5.74, 6) is 1.29. The van der Waals surface area contributed by atoms with Crippen molar-refractivity contribution in [2.45, 2.75) is 31.9 Å². The van der Waals surface area contributed by atoms with Crippen molar-refractivity contribution in [3.63, 3.8) is 0 Å². The monoisotopic (exact) mass is 287 g/mol. The minimum atomic E-state index is 0.334. The second kappa shape index (κ2) is 6.83. The molecule has 1 aromatic carbocycles. The normalized spacial score (nSPS) is 19.0. The maximum Gasteiger partial charge on any atom is 0.241 e. The van der Waals surface area contributed by atoms with Crippen molar-refractivity contribution in [3.8, 4) is 11.4 Å². The Morgan fingerprint density at radius 3 is 2.86 bits per heavy atom. The molecule has 0 saturated carbocycles. The quantitative estimate of drug-likeness (QED) is 0.846. The van der Waals surface area contributed by atoms with Crippen LogP contribution in [0.3, 0.4) is 0 Å². The zero-order valence-electron chi connectivity index (χ0n) is 12.4. The van der Waals surface area contributed by atoms with Crippen LogP contribution in [0.25, 0.3) is 11.4 Å². The molecule has 0 N–H and O–H groups in total. The first-order valence-electron chi connectivity index (χ1n) is 7.49. The highest BCUT2D eigenvalue weighted by Crippen LogP contribution is 2.17. The molecule has 112 valence electrons. The Hall–Kier alpha value is -1.72. The van der Waals surface area contributed by atoms with Gasteiger partial charge in [0.1, 0.15) is 0 Å². The molecule has 2 aromatic rings. The van der Waals surface area contributed by atoms with Crippen LogP contribution in [0.5, 0.6) is 0 Å². The largest absolute Gasteiger partial charge is 0.377 e. The molecule has 0 aliphatic carbocycles. The van der Waals surface area contributed by atoms with Gasteiger partial charge in [-0.15, -0.1) is 0 Å². The van der Waals surface area contributed by atoms with Gasteiger partial charge in [0.15, 0.2) is 0 Å². The summed E-state index contributed by atoms with van der Waals surface area (Å²) in [6.07, 6.45) is 3.92. The molecule has 5 heteroatoms. The first-order valence-corrected chi connectivity index (χ1v) is 7.49. The number of hydrogen-bond donors (Lipinski definition) is 0. The van der Waals surface area contributed by atoms with Gasteiger partial charge in [-0.05, 0) is 26.3 Å². The van der Waals surface area contributed by atoms with E-state index in [1.54, 1.807) is 0 Å². The fourth-order valence-corrected chi connectivity index (χ4v) is 2.62. The van der Waals surface area contributed by atoms with Crippen LogP contribution in [-0.4, -0.2) is 41.3 Å². The van der Waals surface area contributed by atoms with Crippen LogP contribution in [-0.2, 0) is 11.3 Å². The number of hydrogen-bond acceptors (Lipinski definition) is 5. The minimum Gasteiger partial charge on any atom is -0.377 e. The van der Waals surface area contributed by atoms with E-state index in [2.05, 4.69) is 22.1 Å². The Bertz CT molecular complexity index is 550. The van der Waals surface area contributed by atoms with Gasteiger partial charge < -0.3 is 9.26 Å². The number of rotatable bonds is 5. The van der Waals surface area contributed by atoms with Gasteiger partial charge in [0.25, 0.3) is 0 Å². The molecule has 2 heterocycles. The third kappa shape index (κ3) is 3.89. The van der Waals surface area contributed by atoms with Crippen molar-refractivity contribution in [1.29, 1.82) is 0 Å². The molecule has 1 aliphatic rings. The minimum absolute atomic E-state index is 0.334. The smallest absolute Gasteiger partial charge is 0.241 e. The van der Waals surface area contributed by atoms with Gasteiger partial charge in [-0.2, -0.15) is 4.98 Å². The van der Waals surface area contributed by atoms with E-state index in [0.29, 0.717) is 24.4 Å². The van der Waals surface area contributed by atoms with Gasteiger partial charge in [0.2, 0.25) is 11.7 Å². The van der Waals surface area contributed by atoms with Gasteiger partial charge >= 0.3 is 0 Å². The van der Waals surface area contributed by atoms with E-state index in [1.165, 1.54) is 12.8 Å². The van der Waals surface area contributed by atoms with Crippen molar-refractivity contribution in [3.05, 3.63) is 36.2 Å². The number of nitrogens with zero attached hydrogens (tertiary/aromatic N) is 3. The predicted octanol–water partition coefficient (Wildman–Crippen LogP) is 2.74. The summed E-state index contributed by atoms with van der Waals surface area (Å²) in [5, 5.41) is 4.04. The highest BCUT2D eigenvalue weighted by atomic mass is 16.5. The van der Waals surface area contributed by atoms with E-state index in [-0.39, 0.29) is 0 Å². The van der Waals surface area contributed by atoms with Gasteiger partial charge in [-0.25, -0.2) is 0 Å². The summed E-state index contributed by atoms with van der Waals surface area (Å²) in [6, 6.07) is 9.88. The van der Waals surface area contributed by atoms with Crippen LogP contribution in [0.4, 0.5) is 0 Å². The highest BCUT2D eigenvalue weighted by Gasteiger charge is 2.17. The van der Waals surface area contributed by atoms with Gasteiger partial charge in [-0.3, -0.25) is 4.90 Å². The Morgan fingerprint density at radius 1 is 1.24 bits per heavy atom. The lowest BCUT2D eigenvalue weighted by molar-refractivity contribution is -0.00382. The summed E-state index contributed by atoms with van der Waals surface area (Å²) in [5.41, 5.74) is 0.978. The predicted molar refractivity (Wildman–Crippen MR) is 79.7 cm³/mol. The van der Waals surface area contributed by atoms with Crippen molar-refractivity contribution in [2.24, 2.45) is 0 Å². The van der Waals surface area contributed by atoms with E-state index >= 15 is 0 Å². The fraction of sp³-hybridized carbons (Fsp3) is 0.500. The lowest BCUT2D eigenvalue weighted by Gasteiger charge is -2.26. The Labute approximate surface area is 124 Å². The summed E-state index contributed by atoms with van der Waals surface area (Å²) >= 11 is 0. The summed E-state index contributed by atoms with van der Waals surface area (Å²) in [4.78, 5) is 6.63. The van der Waals surface area contributed by atoms with Crippen LogP contribution in [0.2, 0.25) is 0 Å². The SMILES string of the molecule is CN(Cc1nc(-c2ccccc2)no1)CC1CCCCO1. The maximum atomic E-state index is 5.75. The van der Waals surface area contributed by atoms with Crippen LogP contribution < -0.4 is 0 Å². The first-order chi connectivity index (χ1) is 10.3. The second-order valence-electron chi connectivity index (χ2n) is 5.56. The van der Waals surface area contributed by atoms with E-state index in [9.17, 15) is 0 Å². The standard InChI is InChI=1S/C16H21N3O2/c1-19(11-14-9-5-6-10-20-14)12-15-17-16(18-21-15)13-7-3-2-4-8-13/h2-4,7-8,14H,5-6,9-12H2,1H3. The van der Waals surface area contributed by atoms with Crippen LogP contribution in [0.15, 0.2) is 34.9 Å². The van der Waals surface area contributed by atoms with E-state index in [1.807, 2.05) is 30.3 Å². The van der Waals surface area contributed by atoms with E-state index in [4.69, 9.17) is 9.26 Å². The molecule has 0 spiro atoms. The highest BCUT2D eigenvalue weighted by molar-refractivity contribution is 5.53. The average molecular weight is 287 g/mol. The molecule has 1 unspecified atom stereocenters. The van der Waals surface area contributed by atoms with Crippen LogP contribution in [0.1, 0.15) is 25.2 Å². The summed E-state index contributed by atoms with van der Waals surface area (Å²) in [6.45, 7) is 2.44. The Balaban J connectivity index is 1.56. The molecule has 1 fully saturated rings. The lowest BCUT2D eigenvalue weighted by Crippen LogP contribution is -2.33. The first kappa shape index (κ1) is 14.2. The number of benzene rings is 1. The summed E-state index contributed by atoms with van der Waals surface area (Å²) < 4.78 is 11.1. The molecule has 3 rings (SSSR count). The van der Waals surface area contributed by atoms with Crippen molar-refractivity contribution < 1.29 is 9.26 Å². The topological polar surface area (TPSA) is 51.4 Å². The molecule has 1 saturated heterocycles. The van der Waals surface area contributed by atoms with Gasteiger partial charge in [-0.1, -0.05) is 35.5 Å². The zero-order valence-corrected chi connectivity index (χ0v) is 12.4. The van der Waals surface area contributed by atoms with Crippen LogP contribution >= 0.6 is 0 Å². The molecule has 21 heavy (non-hydrogen) atoms. The van der Waals surface area contributed by atoms with Crippen LogP contribution in [0, 0.1) is 0 Å². The molecule has 0 radical (unpaired) electrons. The maximum absolute atomic E-state index is 5.75. The van der Waals surface area contributed by atoms with E-state index in [0.717, 1.165) is 25.1 Å². The Kier molecular flexibility index (Phi) is 4.62. The molecule has 1 atom stereocenters.